The Bertz CT molecular complexity index is 528. The molecule has 5 heteroatoms. The number of nitrogens with one attached hydrogen (secondary N) is 1. The van der Waals surface area contributed by atoms with Gasteiger partial charge < -0.3 is 15.5 Å². The summed E-state index contributed by atoms with van der Waals surface area (Å²) in [6.45, 7) is 5.55. The van der Waals surface area contributed by atoms with Gasteiger partial charge in [-0.05, 0) is 33.6 Å². The third-order valence-electron chi connectivity index (χ3n) is 4.07. The lowest BCUT2D eigenvalue weighted by Crippen LogP contribution is -2.54. The van der Waals surface area contributed by atoms with Crippen LogP contribution in [0.4, 0.5) is 0 Å². The number of rotatable bonds is 3. The Labute approximate surface area is 118 Å². The molecule has 0 atom stereocenters. The van der Waals surface area contributed by atoms with Crippen LogP contribution in [0.2, 0.25) is 0 Å². The van der Waals surface area contributed by atoms with E-state index in [1.165, 1.54) is 0 Å². The van der Waals surface area contributed by atoms with E-state index in [9.17, 15) is 4.79 Å². The number of nitrogens with two attached hydrogens (primary N) is 1. The van der Waals surface area contributed by atoms with E-state index in [1.807, 2.05) is 13.8 Å². The highest BCUT2D eigenvalue weighted by atomic mass is 32.1. The number of aryl methyl sites for hydroxylation is 2. The van der Waals surface area contributed by atoms with Crippen molar-refractivity contribution in [2.24, 2.45) is 5.73 Å². The summed E-state index contributed by atoms with van der Waals surface area (Å²) in [5.41, 5.74) is 6.81. The molecule has 1 aromatic heterocycles. The predicted octanol–water partition coefficient (Wildman–Crippen LogP) is 2.53. The van der Waals surface area contributed by atoms with Crippen LogP contribution >= 0.6 is 12.2 Å². The van der Waals surface area contributed by atoms with Crippen molar-refractivity contribution in [3.8, 4) is 0 Å². The number of furan rings is 1. The molecule has 0 aromatic carbocycles. The lowest BCUT2D eigenvalue weighted by molar-refractivity contribution is 0.0922. The van der Waals surface area contributed by atoms with Crippen LogP contribution < -0.4 is 11.1 Å². The van der Waals surface area contributed by atoms with Gasteiger partial charge in [0, 0.05) is 5.56 Å². The molecule has 0 unspecified atom stereocenters. The minimum Gasteiger partial charge on any atom is -0.466 e. The zero-order valence-electron chi connectivity index (χ0n) is 11.6. The first kappa shape index (κ1) is 14.1. The third kappa shape index (κ3) is 2.39. The van der Waals surface area contributed by atoms with Crippen LogP contribution in [-0.4, -0.2) is 16.4 Å². The topological polar surface area (TPSA) is 68.3 Å². The van der Waals surface area contributed by atoms with Gasteiger partial charge in [0.2, 0.25) is 0 Å². The summed E-state index contributed by atoms with van der Waals surface area (Å²) >= 11 is 5.15. The maximum absolute atomic E-state index is 12.5. The van der Waals surface area contributed by atoms with Crippen molar-refractivity contribution in [3.05, 3.63) is 22.6 Å². The van der Waals surface area contributed by atoms with Gasteiger partial charge in [0.25, 0.3) is 5.91 Å². The van der Waals surface area contributed by atoms with Crippen LogP contribution in [0.1, 0.15) is 53.1 Å². The van der Waals surface area contributed by atoms with Crippen molar-refractivity contribution in [1.29, 1.82) is 0 Å². The molecule has 104 valence electrons. The minimum absolute atomic E-state index is 0.137. The van der Waals surface area contributed by atoms with E-state index in [2.05, 4.69) is 5.32 Å². The Hall–Kier alpha value is -1.36. The molecule has 19 heavy (non-hydrogen) atoms. The molecule has 2 rings (SSSR count). The van der Waals surface area contributed by atoms with E-state index in [0.29, 0.717) is 16.3 Å². The lowest BCUT2D eigenvalue weighted by Gasteiger charge is -2.29. The summed E-state index contributed by atoms with van der Waals surface area (Å²) in [6.07, 6.45) is 3.73. The fourth-order valence-corrected chi connectivity index (χ4v) is 3.07. The molecule has 1 aromatic rings. The molecule has 0 radical (unpaired) electrons. The van der Waals surface area contributed by atoms with E-state index in [-0.39, 0.29) is 5.91 Å². The third-order valence-corrected chi connectivity index (χ3v) is 4.46. The molecule has 0 bridgehead atoms. The molecular weight excluding hydrogens is 260 g/mol. The SMILES string of the molecule is Cc1oc(C)c(C(=O)NC2(C(N)=S)CCCC2)c1C. The molecule has 1 aliphatic rings. The molecule has 0 saturated heterocycles. The Morgan fingerprint density at radius 2 is 1.84 bits per heavy atom. The maximum Gasteiger partial charge on any atom is 0.255 e. The number of carbonyl (C=O) groups is 1. The van der Waals surface area contributed by atoms with Gasteiger partial charge in [-0.1, -0.05) is 25.1 Å². The highest BCUT2D eigenvalue weighted by molar-refractivity contribution is 7.80. The van der Waals surface area contributed by atoms with Gasteiger partial charge in [0.1, 0.15) is 11.5 Å². The monoisotopic (exact) mass is 280 g/mol. The summed E-state index contributed by atoms with van der Waals surface area (Å²) in [7, 11) is 0. The highest BCUT2D eigenvalue weighted by Gasteiger charge is 2.39. The number of hydrogen-bond acceptors (Lipinski definition) is 3. The first-order valence-corrected chi connectivity index (χ1v) is 6.97. The number of amides is 1. The molecule has 1 saturated carbocycles. The van der Waals surface area contributed by atoms with Crippen LogP contribution in [0.5, 0.6) is 0 Å². The quantitative estimate of drug-likeness (QED) is 0.835. The molecule has 3 N–H and O–H groups in total. The van der Waals surface area contributed by atoms with Crippen LogP contribution in [-0.2, 0) is 0 Å². The van der Waals surface area contributed by atoms with Crippen LogP contribution in [0, 0.1) is 20.8 Å². The van der Waals surface area contributed by atoms with Gasteiger partial charge in [0.05, 0.1) is 16.1 Å². The van der Waals surface area contributed by atoms with Gasteiger partial charge in [-0.3, -0.25) is 4.79 Å². The van der Waals surface area contributed by atoms with E-state index >= 15 is 0 Å². The summed E-state index contributed by atoms with van der Waals surface area (Å²) < 4.78 is 5.50. The summed E-state index contributed by atoms with van der Waals surface area (Å²) in [6, 6.07) is 0. The molecule has 0 spiro atoms. The Balaban J connectivity index is 2.28. The van der Waals surface area contributed by atoms with Crippen molar-refractivity contribution >= 4 is 23.1 Å². The van der Waals surface area contributed by atoms with Crippen molar-refractivity contribution in [1.82, 2.24) is 5.32 Å². The Morgan fingerprint density at radius 1 is 1.26 bits per heavy atom. The fourth-order valence-electron chi connectivity index (χ4n) is 2.82. The van der Waals surface area contributed by atoms with Gasteiger partial charge in [0.15, 0.2) is 0 Å². The number of hydrogen-bond donors (Lipinski definition) is 2. The molecule has 4 nitrogen and oxygen atoms in total. The minimum atomic E-state index is -0.517. The first-order valence-electron chi connectivity index (χ1n) is 6.56. The van der Waals surface area contributed by atoms with Crippen molar-refractivity contribution in [2.75, 3.05) is 0 Å². The zero-order chi connectivity index (χ0) is 14.2. The van der Waals surface area contributed by atoms with Crippen molar-refractivity contribution in [3.63, 3.8) is 0 Å². The average Bonchev–Trinajstić information content (AvgIpc) is 2.86. The summed E-state index contributed by atoms with van der Waals surface area (Å²) in [5.74, 6) is 1.28. The second-order valence-corrected chi connectivity index (χ2v) is 5.76. The Kier molecular flexibility index (Phi) is 3.67. The fraction of sp³-hybridized carbons (Fsp3) is 0.571. The van der Waals surface area contributed by atoms with Crippen LogP contribution in [0.25, 0.3) is 0 Å². The predicted molar refractivity (Wildman–Crippen MR) is 78.4 cm³/mol. The molecule has 1 amide bonds. The van der Waals surface area contributed by atoms with E-state index in [0.717, 1.165) is 37.0 Å². The van der Waals surface area contributed by atoms with Crippen LogP contribution in [0.3, 0.4) is 0 Å². The van der Waals surface area contributed by atoms with Gasteiger partial charge in [-0.2, -0.15) is 0 Å². The molecule has 1 heterocycles. The van der Waals surface area contributed by atoms with Gasteiger partial charge >= 0.3 is 0 Å². The molecule has 0 aliphatic heterocycles. The highest BCUT2D eigenvalue weighted by Crippen LogP contribution is 2.31. The summed E-state index contributed by atoms with van der Waals surface area (Å²) in [4.78, 5) is 12.9. The Morgan fingerprint density at radius 3 is 2.26 bits per heavy atom. The molecule has 1 aliphatic carbocycles. The number of carbonyl (C=O) groups excluding carboxylic acids is 1. The second-order valence-electron chi connectivity index (χ2n) is 5.32. The van der Waals surface area contributed by atoms with Gasteiger partial charge in [-0.15, -0.1) is 0 Å². The van der Waals surface area contributed by atoms with Crippen molar-refractivity contribution < 1.29 is 9.21 Å². The maximum atomic E-state index is 12.5. The van der Waals surface area contributed by atoms with E-state index < -0.39 is 5.54 Å². The number of thiocarbonyl (C=S) groups is 1. The smallest absolute Gasteiger partial charge is 0.255 e. The second kappa shape index (κ2) is 4.96. The molecular formula is C14H20N2O2S. The van der Waals surface area contributed by atoms with E-state index in [1.54, 1.807) is 6.92 Å². The standard InChI is InChI=1S/C14H20N2O2S/c1-8-9(2)18-10(3)11(8)12(17)16-14(13(15)19)6-4-5-7-14/h4-7H2,1-3H3,(H2,15,19)(H,16,17). The lowest BCUT2D eigenvalue weighted by atomic mass is 9.96. The zero-order valence-corrected chi connectivity index (χ0v) is 12.4. The van der Waals surface area contributed by atoms with Crippen molar-refractivity contribution in [2.45, 2.75) is 52.0 Å². The largest absolute Gasteiger partial charge is 0.466 e. The summed E-state index contributed by atoms with van der Waals surface area (Å²) in [5, 5.41) is 3.04. The first-order chi connectivity index (χ1) is 8.87. The normalized spacial score (nSPS) is 17.4. The van der Waals surface area contributed by atoms with Gasteiger partial charge in [-0.25, -0.2) is 0 Å². The van der Waals surface area contributed by atoms with E-state index in [4.69, 9.17) is 22.4 Å². The average molecular weight is 280 g/mol. The van der Waals surface area contributed by atoms with Crippen LogP contribution in [0.15, 0.2) is 4.42 Å². The molecule has 1 fully saturated rings.